The molecule has 1 heterocycles. The van der Waals surface area contributed by atoms with Gasteiger partial charge in [-0.25, -0.2) is 4.79 Å². The molecule has 8 nitrogen and oxygen atoms in total. The van der Waals surface area contributed by atoms with Gasteiger partial charge in [0.25, 0.3) is 5.91 Å². The highest BCUT2D eigenvalue weighted by Crippen LogP contribution is 2.35. The van der Waals surface area contributed by atoms with E-state index in [1.54, 1.807) is 35.3 Å². The zero-order valence-corrected chi connectivity index (χ0v) is 23.1. The quantitative estimate of drug-likeness (QED) is 0.195. The standard InChI is InChI=1S/C33H33N3O5/c1-3-8-27-19-25(21-30(40-4-2)31(27)41-23-24-11-13-26(14-12-24)33(38)39)20-28(22-34)32(37)36-17-15-35(16-18-36)29-9-6-5-7-10-29/h3,5-7,9-14,19-21H,1,4,8,15-18,23H2,2H3,(H,38,39)/b28-20-. The number of ether oxygens (including phenoxy) is 2. The topological polar surface area (TPSA) is 103 Å². The van der Waals surface area contributed by atoms with Crippen LogP contribution >= 0.6 is 0 Å². The Morgan fingerprint density at radius 2 is 1.73 bits per heavy atom. The zero-order chi connectivity index (χ0) is 29.2. The number of amides is 1. The van der Waals surface area contributed by atoms with E-state index < -0.39 is 5.97 Å². The highest BCUT2D eigenvalue weighted by atomic mass is 16.5. The van der Waals surface area contributed by atoms with Gasteiger partial charge in [-0.3, -0.25) is 4.79 Å². The van der Waals surface area contributed by atoms with Gasteiger partial charge in [-0.1, -0.05) is 36.4 Å². The molecule has 1 fully saturated rings. The van der Waals surface area contributed by atoms with Crippen LogP contribution in [0.1, 0.15) is 34.0 Å². The van der Waals surface area contributed by atoms with Crippen LogP contribution < -0.4 is 14.4 Å². The number of anilines is 1. The van der Waals surface area contributed by atoms with Gasteiger partial charge >= 0.3 is 5.97 Å². The van der Waals surface area contributed by atoms with Crippen molar-refractivity contribution in [1.82, 2.24) is 4.90 Å². The monoisotopic (exact) mass is 551 g/mol. The van der Waals surface area contributed by atoms with Gasteiger partial charge in [-0.05, 0) is 66.9 Å². The molecule has 8 heteroatoms. The minimum atomic E-state index is -0.988. The Labute approximate surface area is 240 Å². The van der Waals surface area contributed by atoms with Crippen LogP contribution in [0.3, 0.4) is 0 Å². The second kappa shape index (κ2) is 13.9. The predicted molar refractivity (Wildman–Crippen MR) is 158 cm³/mol. The molecule has 4 rings (SSSR count). The summed E-state index contributed by atoms with van der Waals surface area (Å²) in [6.45, 7) is 8.75. The lowest BCUT2D eigenvalue weighted by Crippen LogP contribution is -2.49. The van der Waals surface area contributed by atoms with Crippen molar-refractivity contribution < 1.29 is 24.2 Å². The van der Waals surface area contributed by atoms with Crippen LogP contribution in [-0.4, -0.2) is 54.7 Å². The van der Waals surface area contributed by atoms with Crippen molar-refractivity contribution in [3.8, 4) is 17.6 Å². The molecule has 1 saturated heterocycles. The van der Waals surface area contributed by atoms with Gasteiger partial charge in [-0.2, -0.15) is 5.26 Å². The number of nitriles is 1. The minimum Gasteiger partial charge on any atom is -0.490 e. The first-order valence-corrected chi connectivity index (χ1v) is 13.5. The molecule has 0 atom stereocenters. The van der Waals surface area contributed by atoms with Crippen LogP contribution in [0.2, 0.25) is 0 Å². The molecule has 1 N–H and O–H groups in total. The second-order valence-electron chi connectivity index (χ2n) is 9.51. The maximum absolute atomic E-state index is 13.3. The first-order valence-electron chi connectivity index (χ1n) is 13.5. The number of carbonyl (C=O) groups excluding carboxylic acids is 1. The van der Waals surface area contributed by atoms with E-state index in [4.69, 9.17) is 14.6 Å². The van der Waals surface area contributed by atoms with Crippen LogP contribution in [-0.2, 0) is 17.8 Å². The number of nitrogens with zero attached hydrogens (tertiary/aromatic N) is 3. The summed E-state index contributed by atoms with van der Waals surface area (Å²) >= 11 is 0. The van der Waals surface area contributed by atoms with Gasteiger partial charge in [-0.15, -0.1) is 6.58 Å². The van der Waals surface area contributed by atoms with Gasteiger partial charge in [0.05, 0.1) is 12.2 Å². The van der Waals surface area contributed by atoms with E-state index in [2.05, 4.69) is 29.7 Å². The molecule has 0 aliphatic carbocycles. The Bertz CT molecular complexity index is 1450. The number of carbonyl (C=O) groups is 2. The molecule has 1 aliphatic rings. The lowest BCUT2D eigenvalue weighted by Gasteiger charge is -2.36. The minimum absolute atomic E-state index is 0.0531. The van der Waals surface area contributed by atoms with E-state index >= 15 is 0 Å². The van der Waals surface area contributed by atoms with E-state index in [0.717, 1.165) is 16.8 Å². The molecule has 0 saturated carbocycles. The number of rotatable bonds is 11. The lowest BCUT2D eigenvalue weighted by molar-refractivity contribution is -0.126. The summed E-state index contributed by atoms with van der Waals surface area (Å²) in [5, 5.41) is 19.0. The number of para-hydroxylation sites is 1. The summed E-state index contributed by atoms with van der Waals surface area (Å²) in [5.41, 5.74) is 3.62. The number of hydrogen-bond acceptors (Lipinski definition) is 6. The average Bonchev–Trinajstić information content (AvgIpc) is 3.00. The smallest absolute Gasteiger partial charge is 0.335 e. The van der Waals surface area contributed by atoms with Crippen LogP contribution in [0.5, 0.6) is 11.5 Å². The summed E-state index contributed by atoms with van der Waals surface area (Å²) in [6.07, 6.45) is 3.82. The SMILES string of the molecule is C=CCc1cc(/C=C(/C#N)C(=O)N2CCN(c3ccccc3)CC2)cc(OCC)c1OCc1ccc(C(=O)O)cc1. The molecule has 3 aromatic carbocycles. The van der Waals surface area contributed by atoms with Gasteiger partial charge in [0, 0.05) is 37.4 Å². The fourth-order valence-corrected chi connectivity index (χ4v) is 4.69. The van der Waals surface area contributed by atoms with Crippen LogP contribution in [0.4, 0.5) is 5.69 Å². The van der Waals surface area contributed by atoms with E-state index in [9.17, 15) is 14.9 Å². The van der Waals surface area contributed by atoms with Crippen molar-refractivity contribution in [3.63, 3.8) is 0 Å². The van der Waals surface area contributed by atoms with Crippen molar-refractivity contribution in [2.75, 3.05) is 37.7 Å². The number of allylic oxidation sites excluding steroid dienone is 1. The van der Waals surface area contributed by atoms with E-state index in [0.29, 0.717) is 56.3 Å². The number of hydrogen-bond donors (Lipinski definition) is 1. The maximum Gasteiger partial charge on any atom is 0.335 e. The molecule has 0 unspecified atom stereocenters. The molecule has 0 aromatic heterocycles. The highest BCUT2D eigenvalue weighted by molar-refractivity contribution is 6.02. The molecule has 1 amide bonds. The first-order chi connectivity index (χ1) is 19.9. The van der Waals surface area contributed by atoms with Crippen LogP contribution in [0, 0.1) is 11.3 Å². The fourth-order valence-electron chi connectivity index (χ4n) is 4.69. The van der Waals surface area contributed by atoms with Crippen LogP contribution in [0.15, 0.2) is 85.0 Å². The highest BCUT2D eigenvalue weighted by Gasteiger charge is 2.24. The molecule has 1 aliphatic heterocycles. The molecule has 0 spiro atoms. The number of carboxylic acids is 1. The largest absolute Gasteiger partial charge is 0.490 e. The van der Waals surface area contributed by atoms with Crippen molar-refractivity contribution >= 4 is 23.6 Å². The zero-order valence-electron chi connectivity index (χ0n) is 23.1. The molecule has 3 aromatic rings. The summed E-state index contributed by atoms with van der Waals surface area (Å²) in [5.74, 6) is -0.263. The van der Waals surface area contributed by atoms with Crippen molar-refractivity contribution in [2.45, 2.75) is 20.0 Å². The van der Waals surface area contributed by atoms with Gasteiger partial charge < -0.3 is 24.4 Å². The van der Waals surface area contributed by atoms with Crippen molar-refractivity contribution in [2.24, 2.45) is 0 Å². The average molecular weight is 552 g/mol. The van der Waals surface area contributed by atoms with E-state index in [-0.39, 0.29) is 23.7 Å². The van der Waals surface area contributed by atoms with E-state index in [1.165, 1.54) is 12.1 Å². The third-order valence-corrected chi connectivity index (χ3v) is 6.75. The second-order valence-corrected chi connectivity index (χ2v) is 9.51. The Morgan fingerprint density at radius 1 is 1.02 bits per heavy atom. The summed E-state index contributed by atoms with van der Waals surface area (Å²) in [4.78, 5) is 28.4. The van der Waals surface area contributed by atoms with Crippen LogP contribution in [0.25, 0.3) is 6.08 Å². The third kappa shape index (κ3) is 7.34. The van der Waals surface area contributed by atoms with Crippen molar-refractivity contribution in [3.05, 3.63) is 107 Å². The summed E-state index contributed by atoms with van der Waals surface area (Å²) in [6, 6.07) is 22.3. The number of aromatic carboxylic acids is 1. The van der Waals surface area contributed by atoms with E-state index in [1.807, 2.05) is 31.2 Å². The summed E-state index contributed by atoms with van der Waals surface area (Å²) < 4.78 is 12.0. The summed E-state index contributed by atoms with van der Waals surface area (Å²) in [7, 11) is 0. The molecular weight excluding hydrogens is 518 g/mol. The van der Waals surface area contributed by atoms with Gasteiger partial charge in [0.15, 0.2) is 11.5 Å². The molecular formula is C33H33N3O5. The molecule has 210 valence electrons. The van der Waals surface area contributed by atoms with Gasteiger partial charge in [0.1, 0.15) is 18.2 Å². The number of benzene rings is 3. The molecule has 41 heavy (non-hydrogen) atoms. The maximum atomic E-state index is 13.3. The Morgan fingerprint density at radius 3 is 2.34 bits per heavy atom. The number of piperazine rings is 1. The Kier molecular flexibility index (Phi) is 9.79. The molecule has 0 bridgehead atoms. The fraction of sp³-hybridized carbons (Fsp3) is 0.242. The predicted octanol–water partition coefficient (Wildman–Crippen LogP) is 5.35. The third-order valence-electron chi connectivity index (χ3n) is 6.75. The first kappa shape index (κ1) is 29.0. The Hall–Kier alpha value is -5.03. The number of carboxylic acid groups (broad SMARTS) is 1. The molecule has 0 radical (unpaired) electrons. The normalized spacial score (nSPS) is 13.3. The van der Waals surface area contributed by atoms with Gasteiger partial charge in [0.2, 0.25) is 0 Å². The lowest BCUT2D eigenvalue weighted by atomic mass is 10.0. The Balaban J connectivity index is 1.54. The van der Waals surface area contributed by atoms with Crippen molar-refractivity contribution in [1.29, 1.82) is 5.26 Å².